The van der Waals surface area contributed by atoms with Gasteiger partial charge in [-0.25, -0.2) is 0 Å². The van der Waals surface area contributed by atoms with E-state index in [1.165, 1.54) is 6.92 Å². The van der Waals surface area contributed by atoms with Crippen molar-refractivity contribution < 1.29 is 32.1 Å². The summed E-state index contributed by atoms with van der Waals surface area (Å²) >= 11 is 0. The monoisotopic (exact) mass is 148 g/mol. The van der Waals surface area contributed by atoms with Crippen molar-refractivity contribution in [2.24, 2.45) is 0 Å². The molecule has 6 nitrogen and oxygen atoms in total. The van der Waals surface area contributed by atoms with Gasteiger partial charge in [-0.3, -0.25) is 0 Å². The Hall–Kier alpha value is -0.240. The van der Waals surface area contributed by atoms with Gasteiger partial charge in [0, 0.05) is 0 Å². The average molecular weight is 148 g/mol. The standard InChI is InChI=1S/C3H8O2.4H2O/c1-3(5)2-4;;;;/h3-5H,2H2,1H3;4*1H2. The van der Waals surface area contributed by atoms with Crippen LogP contribution in [0.15, 0.2) is 0 Å². The number of aliphatic hydroxyl groups excluding tert-OH is 2. The van der Waals surface area contributed by atoms with Crippen molar-refractivity contribution in [1.29, 1.82) is 0 Å². The summed E-state index contributed by atoms with van der Waals surface area (Å²) in [6.07, 6.45) is -0.560. The molecule has 9 heavy (non-hydrogen) atoms. The van der Waals surface area contributed by atoms with E-state index in [1.54, 1.807) is 0 Å². The van der Waals surface area contributed by atoms with E-state index in [1.807, 2.05) is 0 Å². The summed E-state index contributed by atoms with van der Waals surface area (Å²) in [4.78, 5) is 0. The Morgan fingerprint density at radius 2 is 1.22 bits per heavy atom. The Morgan fingerprint density at radius 3 is 1.22 bits per heavy atom. The maximum Gasteiger partial charge on any atom is 0.0742 e. The van der Waals surface area contributed by atoms with E-state index >= 15 is 0 Å². The van der Waals surface area contributed by atoms with Crippen molar-refractivity contribution >= 4 is 0 Å². The van der Waals surface area contributed by atoms with E-state index < -0.39 is 6.10 Å². The third-order valence-electron chi connectivity index (χ3n) is 0.264. The first-order chi connectivity index (χ1) is 2.27. The SMILES string of the molecule is CC(O)CO.O.O.O.O. The molecule has 0 rings (SSSR count). The van der Waals surface area contributed by atoms with E-state index in [-0.39, 0.29) is 28.5 Å². The van der Waals surface area contributed by atoms with E-state index in [0.29, 0.717) is 0 Å². The molecule has 0 bridgehead atoms. The smallest absolute Gasteiger partial charge is 0.0742 e. The largest absolute Gasteiger partial charge is 0.412 e. The van der Waals surface area contributed by atoms with Crippen molar-refractivity contribution in [3.8, 4) is 0 Å². The molecule has 0 aliphatic rings. The molecule has 0 aliphatic carbocycles. The molecule has 0 heterocycles. The van der Waals surface area contributed by atoms with E-state index in [9.17, 15) is 0 Å². The molecule has 0 saturated carbocycles. The van der Waals surface area contributed by atoms with Crippen LogP contribution in [0.5, 0.6) is 0 Å². The molecule has 1 atom stereocenters. The normalized spacial score (nSPS) is 8.33. The molecule has 0 aliphatic heterocycles. The van der Waals surface area contributed by atoms with Crippen molar-refractivity contribution in [2.75, 3.05) is 6.61 Å². The fourth-order valence-corrected chi connectivity index (χ4v) is 0. The van der Waals surface area contributed by atoms with Crippen LogP contribution in [0.25, 0.3) is 0 Å². The molecule has 10 N–H and O–H groups in total. The van der Waals surface area contributed by atoms with Crippen LogP contribution in [-0.2, 0) is 0 Å². The Kier molecular flexibility index (Phi) is 104. The number of rotatable bonds is 1. The van der Waals surface area contributed by atoms with E-state index in [0.717, 1.165) is 0 Å². The summed E-state index contributed by atoms with van der Waals surface area (Å²) in [5.74, 6) is 0. The molecule has 1 unspecified atom stereocenters. The fourth-order valence-electron chi connectivity index (χ4n) is 0. The minimum Gasteiger partial charge on any atom is -0.412 e. The van der Waals surface area contributed by atoms with Gasteiger partial charge in [0.05, 0.1) is 12.7 Å². The van der Waals surface area contributed by atoms with Gasteiger partial charge in [0.2, 0.25) is 0 Å². The third kappa shape index (κ3) is 83.1. The summed E-state index contributed by atoms with van der Waals surface area (Å²) in [5, 5.41) is 16.0. The van der Waals surface area contributed by atoms with Gasteiger partial charge >= 0.3 is 0 Å². The lowest BCUT2D eigenvalue weighted by molar-refractivity contribution is 0.110. The van der Waals surface area contributed by atoms with E-state index in [4.69, 9.17) is 10.2 Å². The quantitative estimate of drug-likeness (QED) is 0.387. The van der Waals surface area contributed by atoms with Crippen molar-refractivity contribution in [3.63, 3.8) is 0 Å². The van der Waals surface area contributed by atoms with Gasteiger partial charge in [0.15, 0.2) is 0 Å². The number of aliphatic hydroxyl groups is 2. The zero-order valence-electron chi connectivity index (χ0n) is 5.18. The minimum absolute atomic E-state index is 0. The maximum absolute atomic E-state index is 8.11. The molecule has 0 saturated heterocycles. The van der Waals surface area contributed by atoms with Gasteiger partial charge in [-0.2, -0.15) is 0 Å². The highest BCUT2D eigenvalue weighted by Gasteiger charge is 1.83. The lowest BCUT2D eigenvalue weighted by Crippen LogP contribution is -2.03. The second kappa shape index (κ2) is 25.1. The van der Waals surface area contributed by atoms with Crippen LogP contribution >= 0.6 is 0 Å². The molecule has 64 valence electrons. The zero-order valence-corrected chi connectivity index (χ0v) is 5.18. The van der Waals surface area contributed by atoms with Crippen LogP contribution in [0.2, 0.25) is 0 Å². The van der Waals surface area contributed by atoms with Crippen LogP contribution in [0.3, 0.4) is 0 Å². The summed E-state index contributed by atoms with van der Waals surface area (Å²) in [6, 6.07) is 0. The molecule has 0 radical (unpaired) electrons. The first kappa shape index (κ1) is 37.3. The van der Waals surface area contributed by atoms with Gasteiger partial charge in [0.1, 0.15) is 0 Å². The van der Waals surface area contributed by atoms with Gasteiger partial charge in [-0.05, 0) is 6.92 Å². The predicted molar refractivity (Wildman–Crippen MR) is 33.2 cm³/mol. The second-order valence-corrected chi connectivity index (χ2v) is 1.03. The summed E-state index contributed by atoms with van der Waals surface area (Å²) in [6.45, 7) is 1.39. The molecule has 0 aromatic rings. The first-order valence-electron chi connectivity index (χ1n) is 1.56. The Morgan fingerprint density at radius 1 is 1.11 bits per heavy atom. The van der Waals surface area contributed by atoms with Crippen LogP contribution < -0.4 is 0 Å². The predicted octanol–water partition coefficient (Wildman–Crippen LogP) is -3.94. The molecule has 0 fully saturated rings. The van der Waals surface area contributed by atoms with Crippen LogP contribution in [-0.4, -0.2) is 44.8 Å². The van der Waals surface area contributed by atoms with E-state index in [2.05, 4.69) is 0 Å². The average Bonchev–Trinajstić information content (AvgIpc) is 1.38. The highest BCUT2D eigenvalue weighted by molar-refractivity contribution is 4.33. The van der Waals surface area contributed by atoms with Gasteiger partial charge in [-0.15, -0.1) is 0 Å². The summed E-state index contributed by atoms with van der Waals surface area (Å²) < 4.78 is 0. The van der Waals surface area contributed by atoms with Gasteiger partial charge in [-0.1, -0.05) is 0 Å². The van der Waals surface area contributed by atoms with Crippen molar-refractivity contribution in [3.05, 3.63) is 0 Å². The van der Waals surface area contributed by atoms with Crippen LogP contribution in [0.4, 0.5) is 0 Å². The summed E-state index contributed by atoms with van der Waals surface area (Å²) in [5.41, 5.74) is 0. The lowest BCUT2D eigenvalue weighted by Gasteiger charge is -1.90. The van der Waals surface area contributed by atoms with Crippen molar-refractivity contribution in [1.82, 2.24) is 0 Å². The first-order valence-corrected chi connectivity index (χ1v) is 1.56. The minimum atomic E-state index is -0.560. The Bertz CT molecular complexity index is 22.3. The Labute approximate surface area is 53.0 Å². The molecular formula is C3H16O6. The van der Waals surface area contributed by atoms with Gasteiger partial charge < -0.3 is 32.1 Å². The molecule has 0 aromatic carbocycles. The second-order valence-electron chi connectivity index (χ2n) is 1.03. The topological polar surface area (TPSA) is 166 Å². The fraction of sp³-hybridized carbons (Fsp3) is 1.00. The molecule has 6 heteroatoms. The Balaban J connectivity index is -0.0000000133. The maximum atomic E-state index is 8.11. The molecule has 0 aromatic heterocycles. The lowest BCUT2D eigenvalue weighted by atomic mass is 10.5. The zero-order chi connectivity index (χ0) is 4.28. The molecule has 0 amide bonds. The highest BCUT2D eigenvalue weighted by atomic mass is 16.3. The third-order valence-corrected chi connectivity index (χ3v) is 0.264. The van der Waals surface area contributed by atoms with Crippen molar-refractivity contribution in [2.45, 2.75) is 13.0 Å². The molecular weight excluding hydrogens is 132 g/mol. The van der Waals surface area contributed by atoms with Gasteiger partial charge in [0.25, 0.3) is 0 Å². The number of hydrogen-bond donors (Lipinski definition) is 2. The number of hydrogen-bond acceptors (Lipinski definition) is 2. The summed E-state index contributed by atoms with van der Waals surface area (Å²) in [7, 11) is 0. The van der Waals surface area contributed by atoms with Crippen LogP contribution in [0, 0.1) is 0 Å². The molecule has 0 spiro atoms. The van der Waals surface area contributed by atoms with Crippen LogP contribution in [0.1, 0.15) is 6.92 Å². The highest BCUT2D eigenvalue weighted by Crippen LogP contribution is 1.68.